The number of rotatable bonds is 2. The number of aromatic nitrogens is 2. The highest BCUT2D eigenvalue weighted by Crippen LogP contribution is 2.28. The van der Waals surface area contributed by atoms with E-state index in [9.17, 15) is 9.59 Å². The van der Waals surface area contributed by atoms with Crippen LogP contribution in [0.2, 0.25) is 10.0 Å². The van der Waals surface area contributed by atoms with E-state index in [0.29, 0.717) is 27.2 Å². The molecule has 0 saturated heterocycles. The molecule has 2 aliphatic rings. The second-order valence-corrected chi connectivity index (χ2v) is 7.40. The molecular formula is C18H16Cl2N6O2. The second-order valence-electron chi connectivity index (χ2n) is 6.59. The van der Waals surface area contributed by atoms with Gasteiger partial charge in [-0.1, -0.05) is 23.2 Å². The van der Waals surface area contributed by atoms with E-state index in [1.807, 2.05) is 0 Å². The van der Waals surface area contributed by atoms with Crippen LogP contribution in [-0.4, -0.2) is 33.4 Å². The average Bonchev–Trinajstić information content (AvgIpc) is 3.24. The lowest BCUT2D eigenvalue weighted by atomic mass is 10.1. The second kappa shape index (κ2) is 7.37. The monoisotopic (exact) mass is 418 g/mol. The van der Waals surface area contributed by atoms with Crippen LogP contribution in [0.1, 0.15) is 25.0 Å². The summed E-state index contributed by atoms with van der Waals surface area (Å²) < 4.78 is 1.36. The van der Waals surface area contributed by atoms with Crippen LogP contribution in [0.4, 0.5) is 16.3 Å². The SMILES string of the molecule is Cc1cc(NC(=O)Nc2ccc(Cl)c(Cl)c2)n(C2=NC(=O)C3CCCC3=N2)n1. The summed E-state index contributed by atoms with van der Waals surface area (Å²) in [5.41, 5.74) is 1.96. The number of carbonyl (C=O) groups excluding carboxylic acids is 2. The summed E-state index contributed by atoms with van der Waals surface area (Å²) >= 11 is 11.8. The van der Waals surface area contributed by atoms with E-state index in [2.05, 4.69) is 25.7 Å². The molecule has 4 rings (SSSR count). The van der Waals surface area contributed by atoms with Crippen molar-refractivity contribution in [1.29, 1.82) is 0 Å². The Bertz CT molecular complexity index is 1040. The molecule has 1 unspecified atom stereocenters. The first-order valence-electron chi connectivity index (χ1n) is 8.71. The van der Waals surface area contributed by atoms with Gasteiger partial charge in [-0.15, -0.1) is 0 Å². The van der Waals surface area contributed by atoms with Gasteiger partial charge in [0.15, 0.2) is 0 Å². The maximum atomic E-state index is 12.4. The van der Waals surface area contributed by atoms with Crippen LogP contribution in [0.25, 0.3) is 0 Å². The fourth-order valence-corrected chi connectivity index (χ4v) is 3.54. The molecule has 1 atom stereocenters. The highest BCUT2D eigenvalue weighted by Gasteiger charge is 2.33. The largest absolute Gasteiger partial charge is 0.324 e. The molecule has 0 bridgehead atoms. The fourth-order valence-electron chi connectivity index (χ4n) is 3.25. The zero-order chi connectivity index (χ0) is 19.8. The first-order valence-corrected chi connectivity index (χ1v) is 9.46. The molecule has 0 spiro atoms. The number of urea groups is 1. The van der Waals surface area contributed by atoms with Crippen LogP contribution in [0.5, 0.6) is 0 Å². The minimum absolute atomic E-state index is 0.163. The Morgan fingerprint density at radius 3 is 2.79 bits per heavy atom. The van der Waals surface area contributed by atoms with Gasteiger partial charge in [-0.05, 0) is 44.4 Å². The Morgan fingerprint density at radius 2 is 2.00 bits per heavy atom. The van der Waals surface area contributed by atoms with Gasteiger partial charge in [0.2, 0.25) is 0 Å². The predicted octanol–water partition coefficient (Wildman–Crippen LogP) is 4.13. The van der Waals surface area contributed by atoms with Gasteiger partial charge in [0.1, 0.15) is 5.82 Å². The summed E-state index contributed by atoms with van der Waals surface area (Å²) in [7, 11) is 0. The summed E-state index contributed by atoms with van der Waals surface area (Å²) in [6.45, 7) is 1.77. The molecule has 10 heteroatoms. The van der Waals surface area contributed by atoms with Gasteiger partial charge in [-0.25, -0.2) is 9.79 Å². The van der Waals surface area contributed by atoms with Gasteiger partial charge in [0.05, 0.1) is 21.7 Å². The molecule has 3 amide bonds. The lowest BCUT2D eigenvalue weighted by Crippen LogP contribution is -2.29. The number of hydrogen-bond donors (Lipinski definition) is 2. The molecule has 8 nitrogen and oxygen atoms in total. The molecule has 1 aromatic heterocycles. The van der Waals surface area contributed by atoms with E-state index in [0.717, 1.165) is 25.0 Å². The molecule has 1 saturated carbocycles. The van der Waals surface area contributed by atoms with Gasteiger partial charge in [0, 0.05) is 17.5 Å². The first-order chi connectivity index (χ1) is 13.4. The Kier molecular flexibility index (Phi) is 4.91. The number of aryl methyl sites for hydroxylation is 1. The van der Waals surface area contributed by atoms with E-state index < -0.39 is 6.03 Å². The number of nitrogens with zero attached hydrogens (tertiary/aromatic N) is 4. The van der Waals surface area contributed by atoms with E-state index in [1.165, 1.54) is 4.68 Å². The van der Waals surface area contributed by atoms with Gasteiger partial charge in [-0.3, -0.25) is 10.1 Å². The average molecular weight is 419 g/mol. The standard InChI is InChI=1S/C18H16Cl2N6O2/c1-9-7-15(23-18(28)21-10-5-6-12(19)13(20)8-10)26(25-9)17-22-14-4-2-3-11(14)16(27)24-17/h5-8,11H,2-4H2,1H3,(H2,21,23,28). The van der Waals surface area contributed by atoms with Crippen molar-refractivity contribution in [2.24, 2.45) is 15.9 Å². The summed E-state index contributed by atoms with van der Waals surface area (Å²) in [6, 6.07) is 5.93. The molecule has 144 valence electrons. The zero-order valence-electron chi connectivity index (χ0n) is 14.9. The maximum Gasteiger partial charge on any atom is 0.324 e. The van der Waals surface area contributed by atoms with E-state index in [-0.39, 0.29) is 17.8 Å². The van der Waals surface area contributed by atoms with E-state index in [1.54, 1.807) is 31.2 Å². The number of hydrogen-bond acceptors (Lipinski definition) is 4. The van der Waals surface area contributed by atoms with Gasteiger partial charge < -0.3 is 5.32 Å². The van der Waals surface area contributed by atoms with Crippen molar-refractivity contribution < 1.29 is 9.59 Å². The molecular weight excluding hydrogens is 403 g/mol. The number of benzene rings is 1. The lowest BCUT2D eigenvalue weighted by molar-refractivity contribution is -0.119. The Balaban J connectivity index is 1.55. The van der Waals surface area contributed by atoms with Gasteiger partial charge in [0.25, 0.3) is 11.9 Å². The van der Waals surface area contributed by atoms with Crippen molar-refractivity contribution in [1.82, 2.24) is 9.78 Å². The Morgan fingerprint density at radius 1 is 1.18 bits per heavy atom. The molecule has 0 radical (unpaired) electrons. The number of aliphatic imine (C=N–C) groups is 2. The predicted molar refractivity (Wildman–Crippen MR) is 109 cm³/mol. The van der Waals surface area contributed by atoms with Crippen LogP contribution < -0.4 is 10.6 Å². The summed E-state index contributed by atoms with van der Waals surface area (Å²) in [5, 5.41) is 10.4. The van der Waals surface area contributed by atoms with Crippen molar-refractivity contribution in [2.45, 2.75) is 26.2 Å². The number of amides is 3. The highest BCUT2D eigenvalue weighted by atomic mass is 35.5. The van der Waals surface area contributed by atoms with Crippen molar-refractivity contribution in [2.75, 3.05) is 10.6 Å². The van der Waals surface area contributed by atoms with Crippen molar-refractivity contribution >= 4 is 58.3 Å². The summed E-state index contributed by atoms with van der Waals surface area (Å²) in [5.74, 6) is 0.0881. The maximum absolute atomic E-state index is 12.4. The first kappa shape index (κ1) is 18.6. The quantitative estimate of drug-likeness (QED) is 0.766. The lowest BCUT2D eigenvalue weighted by Gasteiger charge is -2.15. The van der Waals surface area contributed by atoms with E-state index in [4.69, 9.17) is 23.2 Å². The molecule has 2 N–H and O–H groups in total. The molecule has 1 aromatic carbocycles. The smallest absolute Gasteiger partial charge is 0.308 e. The highest BCUT2D eigenvalue weighted by molar-refractivity contribution is 6.42. The number of nitrogens with one attached hydrogen (secondary N) is 2. The minimum atomic E-state index is -0.506. The fraction of sp³-hybridized carbons (Fsp3) is 0.278. The van der Waals surface area contributed by atoms with E-state index >= 15 is 0 Å². The summed E-state index contributed by atoms with van der Waals surface area (Å²) in [6.07, 6.45) is 2.48. The number of anilines is 2. The van der Waals surface area contributed by atoms with Crippen LogP contribution >= 0.6 is 23.2 Å². The molecule has 1 aliphatic carbocycles. The molecule has 1 fully saturated rings. The normalized spacial score (nSPS) is 18.4. The molecule has 2 heterocycles. The molecule has 28 heavy (non-hydrogen) atoms. The van der Waals surface area contributed by atoms with Gasteiger partial charge >= 0.3 is 6.03 Å². The van der Waals surface area contributed by atoms with Crippen LogP contribution in [0.3, 0.4) is 0 Å². The van der Waals surface area contributed by atoms with Crippen LogP contribution in [0, 0.1) is 12.8 Å². The third-order valence-electron chi connectivity index (χ3n) is 4.52. The number of halogens is 2. The summed E-state index contributed by atoms with van der Waals surface area (Å²) in [4.78, 5) is 33.2. The number of carbonyl (C=O) groups is 2. The van der Waals surface area contributed by atoms with Crippen LogP contribution in [-0.2, 0) is 4.79 Å². The third kappa shape index (κ3) is 3.65. The topological polar surface area (TPSA) is 101 Å². The zero-order valence-corrected chi connectivity index (χ0v) is 16.4. The Labute approximate surface area is 170 Å². The van der Waals surface area contributed by atoms with Gasteiger partial charge in [-0.2, -0.15) is 14.8 Å². The van der Waals surface area contributed by atoms with Crippen LogP contribution in [0.15, 0.2) is 34.3 Å². The Hall–Kier alpha value is -2.71. The van der Waals surface area contributed by atoms with Crippen molar-refractivity contribution in [3.8, 4) is 0 Å². The molecule has 2 aromatic rings. The van der Waals surface area contributed by atoms with Crippen molar-refractivity contribution in [3.63, 3.8) is 0 Å². The van der Waals surface area contributed by atoms with Crippen molar-refractivity contribution in [3.05, 3.63) is 40.0 Å². The third-order valence-corrected chi connectivity index (χ3v) is 5.26. The minimum Gasteiger partial charge on any atom is -0.308 e. The number of fused-ring (bicyclic) bond motifs is 1. The molecule has 1 aliphatic heterocycles.